The van der Waals surface area contributed by atoms with Crippen LogP contribution in [0.5, 0.6) is 5.75 Å². The van der Waals surface area contributed by atoms with Crippen molar-refractivity contribution in [2.75, 3.05) is 13.2 Å². The van der Waals surface area contributed by atoms with Crippen LogP contribution in [0.1, 0.15) is 10.4 Å². The van der Waals surface area contributed by atoms with Crippen molar-refractivity contribution in [2.45, 2.75) is 0 Å². The van der Waals surface area contributed by atoms with E-state index in [0.717, 1.165) is 0 Å². The molecule has 4 nitrogen and oxygen atoms in total. The molecule has 2 aromatic rings. The lowest BCUT2D eigenvalue weighted by Crippen LogP contribution is -2.28. The lowest BCUT2D eigenvalue weighted by Gasteiger charge is -2.08. The number of carbonyl (C=O) groups excluding carboxylic acids is 1. The van der Waals surface area contributed by atoms with Gasteiger partial charge >= 0.3 is 0 Å². The van der Waals surface area contributed by atoms with Gasteiger partial charge in [0.25, 0.3) is 5.91 Å². The van der Waals surface area contributed by atoms with Gasteiger partial charge in [-0.25, -0.2) is 4.98 Å². The summed E-state index contributed by atoms with van der Waals surface area (Å²) in [6.07, 6.45) is 0. The highest BCUT2D eigenvalue weighted by Gasteiger charge is 2.08. The first-order valence-electron chi connectivity index (χ1n) is 6.04. The summed E-state index contributed by atoms with van der Waals surface area (Å²) in [6, 6.07) is 9.87. The van der Waals surface area contributed by atoms with Crippen LogP contribution < -0.4 is 10.1 Å². The summed E-state index contributed by atoms with van der Waals surface area (Å²) >= 11 is 17.2. The van der Waals surface area contributed by atoms with E-state index in [1.807, 2.05) is 0 Å². The molecule has 21 heavy (non-hydrogen) atoms. The fourth-order valence-electron chi connectivity index (χ4n) is 1.56. The summed E-state index contributed by atoms with van der Waals surface area (Å²) in [6.45, 7) is 0.680. The van der Waals surface area contributed by atoms with Crippen molar-refractivity contribution in [3.05, 3.63) is 57.3 Å². The Kier molecular flexibility index (Phi) is 5.67. The maximum absolute atomic E-state index is 11.9. The molecular weight excluding hydrogens is 335 g/mol. The average molecular weight is 346 g/mol. The van der Waals surface area contributed by atoms with Crippen molar-refractivity contribution in [1.82, 2.24) is 10.3 Å². The lowest BCUT2D eigenvalue weighted by molar-refractivity contribution is 0.0947. The first kappa shape index (κ1) is 15.9. The highest BCUT2D eigenvalue weighted by Crippen LogP contribution is 2.16. The first-order valence-corrected chi connectivity index (χ1v) is 7.17. The minimum Gasteiger partial charge on any atom is -0.492 e. The van der Waals surface area contributed by atoms with E-state index in [1.165, 1.54) is 12.1 Å². The quantitative estimate of drug-likeness (QED) is 0.661. The van der Waals surface area contributed by atoms with E-state index < -0.39 is 0 Å². The molecule has 1 N–H and O–H groups in total. The van der Waals surface area contributed by atoms with Crippen LogP contribution in [0.4, 0.5) is 0 Å². The molecule has 1 aromatic heterocycles. The number of benzene rings is 1. The molecule has 0 aliphatic carbocycles. The van der Waals surface area contributed by atoms with Gasteiger partial charge in [0.2, 0.25) is 0 Å². The monoisotopic (exact) mass is 344 g/mol. The maximum Gasteiger partial charge on any atom is 0.251 e. The van der Waals surface area contributed by atoms with Crippen molar-refractivity contribution in [2.24, 2.45) is 0 Å². The number of amides is 1. The number of nitrogens with zero attached hydrogens (tertiary/aromatic N) is 1. The summed E-state index contributed by atoms with van der Waals surface area (Å²) in [5, 5.41) is 3.68. The van der Waals surface area contributed by atoms with E-state index in [-0.39, 0.29) is 16.2 Å². The number of nitrogens with one attached hydrogen (secondary N) is 1. The Morgan fingerprint density at radius 2 is 1.71 bits per heavy atom. The van der Waals surface area contributed by atoms with Crippen LogP contribution in [0, 0.1) is 0 Å². The predicted octanol–water partition coefficient (Wildman–Crippen LogP) is 3.85. The summed E-state index contributed by atoms with van der Waals surface area (Å²) in [4.78, 5) is 15.7. The number of hydrogen-bond acceptors (Lipinski definition) is 3. The van der Waals surface area contributed by atoms with Crippen LogP contribution >= 0.6 is 34.8 Å². The molecule has 0 bridgehead atoms. The van der Waals surface area contributed by atoms with Gasteiger partial charge in [-0.1, -0.05) is 34.8 Å². The molecule has 0 spiro atoms. The van der Waals surface area contributed by atoms with Crippen molar-refractivity contribution < 1.29 is 9.53 Å². The van der Waals surface area contributed by atoms with Crippen molar-refractivity contribution in [3.8, 4) is 5.75 Å². The largest absolute Gasteiger partial charge is 0.492 e. The van der Waals surface area contributed by atoms with E-state index in [4.69, 9.17) is 39.5 Å². The van der Waals surface area contributed by atoms with E-state index in [2.05, 4.69) is 10.3 Å². The van der Waals surface area contributed by atoms with Gasteiger partial charge in [0, 0.05) is 10.6 Å². The van der Waals surface area contributed by atoms with Crippen molar-refractivity contribution in [1.29, 1.82) is 0 Å². The van der Waals surface area contributed by atoms with Crippen LogP contribution in [-0.4, -0.2) is 24.0 Å². The Hall–Kier alpha value is -1.49. The van der Waals surface area contributed by atoms with Gasteiger partial charge in [0.15, 0.2) is 0 Å². The normalized spacial score (nSPS) is 10.2. The third kappa shape index (κ3) is 5.08. The van der Waals surface area contributed by atoms with E-state index in [0.29, 0.717) is 29.5 Å². The Bertz CT molecular complexity index is 612. The zero-order chi connectivity index (χ0) is 15.2. The summed E-state index contributed by atoms with van der Waals surface area (Å²) in [5.74, 6) is 0.393. The van der Waals surface area contributed by atoms with Gasteiger partial charge in [0.1, 0.15) is 22.7 Å². The zero-order valence-electron chi connectivity index (χ0n) is 10.8. The lowest BCUT2D eigenvalue weighted by atomic mass is 10.2. The van der Waals surface area contributed by atoms with Gasteiger partial charge in [-0.3, -0.25) is 4.79 Å². The SMILES string of the molecule is O=C(NCCOc1ccc(Cl)cc1)c1cc(Cl)nc(Cl)c1. The molecule has 0 saturated heterocycles. The third-order valence-electron chi connectivity index (χ3n) is 2.50. The number of ether oxygens (including phenoxy) is 1. The Balaban J connectivity index is 1.80. The molecule has 1 amide bonds. The summed E-state index contributed by atoms with van der Waals surface area (Å²) in [7, 11) is 0. The molecule has 0 aliphatic rings. The second-order valence-electron chi connectivity index (χ2n) is 4.06. The van der Waals surface area contributed by atoms with Crippen LogP contribution in [0.15, 0.2) is 36.4 Å². The fourth-order valence-corrected chi connectivity index (χ4v) is 2.15. The van der Waals surface area contributed by atoms with Crippen molar-refractivity contribution >= 4 is 40.7 Å². The first-order chi connectivity index (χ1) is 10.0. The van der Waals surface area contributed by atoms with Crippen LogP contribution in [-0.2, 0) is 0 Å². The molecule has 1 heterocycles. The second-order valence-corrected chi connectivity index (χ2v) is 5.27. The number of carbonyl (C=O) groups is 1. The predicted molar refractivity (Wildman–Crippen MR) is 83.5 cm³/mol. The molecule has 0 unspecified atom stereocenters. The molecule has 0 radical (unpaired) electrons. The van der Waals surface area contributed by atoms with Gasteiger partial charge in [-0.15, -0.1) is 0 Å². The smallest absolute Gasteiger partial charge is 0.251 e. The molecule has 7 heteroatoms. The number of rotatable bonds is 5. The van der Waals surface area contributed by atoms with E-state index in [1.54, 1.807) is 24.3 Å². The molecule has 1 aromatic carbocycles. The number of hydrogen-bond donors (Lipinski definition) is 1. The maximum atomic E-state index is 11.9. The zero-order valence-corrected chi connectivity index (χ0v) is 13.0. The van der Waals surface area contributed by atoms with E-state index >= 15 is 0 Å². The second kappa shape index (κ2) is 7.50. The molecule has 2 rings (SSSR count). The number of pyridine rings is 1. The minimum atomic E-state index is -0.291. The van der Waals surface area contributed by atoms with Crippen LogP contribution in [0.2, 0.25) is 15.3 Å². The fraction of sp³-hybridized carbons (Fsp3) is 0.143. The van der Waals surface area contributed by atoms with Gasteiger partial charge in [0.05, 0.1) is 6.54 Å². The Morgan fingerprint density at radius 3 is 2.33 bits per heavy atom. The topological polar surface area (TPSA) is 51.2 Å². The Morgan fingerprint density at radius 1 is 1.10 bits per heavy atom. The number of halogens is 3. The van der Waals surface area contributed by atoms with Gasteiger partial charge in [-0.05, 0) is 36.4 Å². The van der Waals surface area contributed by atoms with Crippen molar-refractivity contribution in [3.63, 3.8) is 0 Å². The standard InChI is InChI=1S/C14H11Cl3N2O2/c15-10-1-3-11(4-2-10)21-6-5-18-14(20)9-7-12(16)19-13(17)8-9/h1-4,7-8H,5-6H2,(H,18,20). The third-order valence-corrected chi connectivity index (χ3v) is 3.13. The summed E-state index contributed by atoms with van der Waals surface area (Å²) in [5.41, 5.74) is 0.353. The molecule has 110 valence electrons. The van der Waals surface area contributed by atoms with E-state index in [9.17, 15) is 4.79 Å². The van der Waals surface area contributed by atoms with Gasteiger partial charge in [-0.2, -0.15) is 0 Å². The summed E-state index contributed by atoms with van der Waals surface area (Å²) < 4.78 is 5.46. The van der Waals surface area contributed by atoms with Crippen LogP contribution in [0.3, 0.4) is 0 Å². The molecule has 0 fully saturated rings. The minimum absolute atomic E-state index is 0.171. The highest BCUT2D eigenvalue weighted by molar-refractivity contribution is 6.33. The molecule has 0 atom stereocenters. The number of aromatic nitrogens is 1. The molecule has 0 saturated carbocycles. The Labute approximate surface area is 137 Å². The molecular formula is C14H11Cl3N2O2. The highest BCUT2D eigenvalue weighted by atomic mass is 35.5. The molecule has 0 aliphatic heterocycles. The van der Waals surface area contributed by atoms with Crippen LogP contribution in [0.25, 0.3) is 0 Å². The van der Waals surface area contributed by atoms with Gasteiger partial charge < -0.3 is 10.1 Å². The average Bonchev–Trinajstić information content (AvgIpc) is 2.44.